The van der Waals surface area contributed by atoms with Crippen LogP contribution < -0.4 is 15.4 Å². The smallest absolute Gasteiger partial charge is 0.245 e. The van der Waals surface area contributed by atoms with Crippen LogP contribution in [-0.2, 0) is 19.1 Å². The number of hydrogen-bond donors (Lipinski definition) is 3. The zero-order valence-electron chi connectivity index (χ0n) is 22.7. The Bertz CT molecular complexity index is 970. The van der Waals surface area contributed by atoms with E-state index in [1.165, 1.54) is 0 Å². The first-order chi connectivity index (χ1) is 18.5. The Labute approximate surface area is 225 Å². The third-order valence-corrected chi connectivity index (χ3v) is 8.17. The highest BCUT2D eigenvalue weighted by molar-refractivity contribution is 6.02. The molecule has 1 spiro atoms. The molecule has 1 aromatic rings. The maximum atomic E-state index is 13.9. The van der Waals surface area contributed by atoms with E-state index in [0.29, 0.717) is 38.2 Å². The zero-order chi connectivity index (χ0) is 27.1. The molecular weight excluding hydrogens is 486 g/mol. The molecule has 0 aliphatic carbocycles. The number of nitrogens with zero attached hydrogens (tertiary/aromatic N) is 1. The van der Waals surface area contributed by atoms with E-state index in [2.05, 4.69) is 17.6 Å². The van der Waals surface area contributed by atoms with Gasteiger partial charge in [-0.15, -0.1) is 0 Å². The number of nitrogens with one attached hydrogen (secondary N) is 2. The van der Waals surface area contributed by atoms with Crippen molar-refractivity contribution >= 4 is 23.4 Å². The maximum Gasteiger partial charge on any atom is 0.245 e. The number of rotatable bonds is 15. The highest BCUT2D eigenvalue weighted by Crippen LogP contribution is 2.58. The van der Waals surface area contributed by atoms with Crippen LogP contribution >= 0.6 is 0 Å². The molecule has 3 amide bonds. The maximum absolute atomic E-state index is 13.9. The lowest BCUT2D eigenvalue weighted by molar-refractivity contribution is -0.141. The number of benzene rings is 1. The van der Waals surface area contributed by atoms with E-state index >= 15 is 0 Å². The van der Waals surface area contributed by atoms with E-state index in [9.17, 15) is 14.4 Å². The van der Waals surface area contributed by atoms with Gasteiger partial charge in [0.05, 0.1) is 24.5 Å². The minimum absolute atomic E-state index is 0.150. The molecule has 2 bridgehead atoms. The summed E-state index contributed by atoms with van der Waals surface area (Å²) in [7, 11) is 0. The Morgan fingerprint density at radius 2 is 1.84 bits per heavy atom. The zero-order valence-corrected chi connectivity index (χ0v) is 22.7. The molecule has 9 nitrogen and oxygen atoms in total. The second-order valence-corrected chi connectivity index (χ2v) is 10.7. The van der Waals surface area contributed by atoms with Gasteiger partial charge in [0.15, 0.2) is 0 Å². The number of unbranched alkanes of at least 4 members (excludes halogenated alkanes) is 5. The van der Waals surface area contributed by atoms with Gasteiger partial charge in [-0.3, -0.25) is 14.4 Å². The Morgan fingerprint density at radius 3 is 2.55 bits per heavy atom. The van der Waals surface area contributed by atoms with Gasteiger partial charge >= 0.3 is 0 Å². The van der Waals surface area contributed by atoms with Crippen LogP contribution in [0.2, 0.25) is 0 Å². The van der Waals surface area contributed by atoms with Crippen molar-refractivity contribution in [2.24, 2.45) is 11.8 Å². The van der Waals surface area contributed by atoms with E-state index in [-0.39, 0.29) is 30.4 Å². The number of ether oxygens (including phenoxy) is 2. The molecule has 3 fully saturated rings. The third-order valence-electron chi connectivity index (χ3n) is 8.17. The molecule has 38 heavy (non-hydrogen) atoms. The molecule has 210 valence electrons. The minimum Gasteiger partial charge on any atom is -0.494 e. The fraction of sp³-hybridized carbons (Fsp3) is 0.690. The van der Waals surface area contributed by atoms with E-state index in [4.69, 9.17) is 14.6 Å². The van der Waals surface area contributed by atoms with Gasteiger partial charge in [0, 0.05) is 25.4 Å². The summed E-state index contributed by atoms with van der Waals surface area (Å²) in [4.78, 5) is 42.7. The van der Waals surface area contributed by atoms with Crippen LogP contribution in [0.5, 0.6) is 5.75 Å². The summed E-state index contributed by atoms with van der Waals surface area (Å²) in [5.74, 6) is -1.17. The SMILES string of the molecule is CCCCCNC(=O)C1N(CCCCCCO)C(=O)[C@@H]2[C@H](C(=O)Nc3ccc(OCC)cc3)[C@@H]3CCC12O3. The molecule has 3 aliphatic heterocycles. The summed E-state index contributed by atoms with van der Waals surface area (Å²) in [5, 5.41) is 15.1. The largest absolute Gasteiger partial charge is 0.494 e. The lowest BCUT2D eigenvalue weighted by Gasteiger charge is -2.33. The third kappa shape index (κ3) is 5.69. The Balaban J connectivity index is 1.52. The van der Waals surface area contributed by atoms with Crippen LogP contribution in [0.25, 0.3) is 0 Å². The Morgan fingerprint density at radius 1 is 1.08 bits per heavy atom. The van der Waals surface area contributed by atoms with Crippen LogP contribution in [0.1, 0.15) is 71.6 Å². The van der Waals surface area contributed by atoms with Crippen LogP contribution in [0.4, 0.5) is 5.69 Å². The first-order valence-corrected chi connectivity index (χ1v) is 14.4. The van der Waals surface area contributed by atoms with Gasteiger partial charge in [-0.05, 0) is 63.3 Å². The minimum atomic E-state index is -0.970. The lowest BCUT2D eigenvalue weighted by Crippen LogP contribution is -2.55. The number of fused-ring (bicyclic) bond motifs is 1. The molecule has 1 aromatic carbocycles. The van der Waals surface area contributed by atoms with Crippen molar-refractivity contribution in [1.29, 1.82) is 0 Å². The van der Waals surface area contributed by atoms with E-state index in [1.54, 1.807) is 29.2 Å². The highest BCUT2D eigenvalue weighted by Gasteiger charge is 2.74. The van der Waals surface area contributed by atoms with Crippen molar-refractivity contribution in [2.45, 2.75) is 89.4 Å². The summed E-state index contributed by atoms with van der Waals surface area (Å²) in [6.07, 6.45) is 7.01. The normalized spacial score (nSPS) is 27.4. The summed E-state index contributed by atoms with van der Waals surface area (Å²) in [5.41, 5.74) is -0.339. The molecule has 0 aromatic heterocycles. The molecule has 3 N–H and O–H groups in total. The van der Waals surface area contributed by atoms with Crippen molar-refractivity contribution in [3.05, 3.63) is 24.3 Å². The van der Waals surface area contributed by atoms with Crippen molar-refractivity contribution in [3.63, 3.8) is 0 Å². The molecule has 2 unspecified atom stereocenters. The van der Waals surface area contributed by atoms with Crippen molar-refractivity contribution in [3.8, 4) is 5.75 Å². The van der Waals surface area contributed by atoms with Crippen LogP contribution in [0, 0.1) is 11.8 Å². The number of aliphatic hydroxyl groups is 1. The second-order valence-electron chi connectivity index (χ2n) is 10.7. The lowest BCUT2D eigenvalue weighted by atomic mass is 9.70. The van der Waals surface area contributed by atoms with Gasteiger partial charge in [-0.2, -0.15) is 0 Å². The predicted molar refractivity (Wildman–Crippen MR) is 144 cm³/mol. The fourth-order valence-corrected chi connectivity index (χ4v) is 6.45. The van der Waals surface area contributed by atoms with Gasteiger partial charge in [-0.25, -0.2) is 0 Å². The number of anilines is 1. The summed E-state index contributed by atoms with van der Waals surface area (Å²) in [6.45, 7) is 5.74. The highest BCUT2D eigenvalue weighted by atomic mass is 16.5. The van der Waals surface area contributed by atoms with E-state index in [1.807, 2.05) is 6.92 Å². The first kappa shape index (κ1) is 28.4. The second kappa shape index (κ2) is 12.9. The topological polar surface area (TPSA) is 117 Å². The molecule has 5 atom stereocenters. The van der Waals surface area contributed by atoms with Crippen LogP contribution in [0.3, 0.4) is 0 Å². The van der Waals surface area contributed by atoms with Crippen molar-refractivity contribution in [1.82, 2.24) is 10.2 Å². The van der Waals surface area contributed by atoms with Gasteiger partial charge in [-0.1, -0.05) is 32.6 Å². The van der Waals surface area contributed by atoms with Gasteiger partial charge < -0.3 is 30.1 Å². The molecule has 3 aliphatic rings. The number of likely N-dealkylation sites (tertiary alicyclic amines) is 1. The van der Waals surface area contributed by atoms with Gasteiger partial charge in [0.1, 0.15) is 17.4 Å². The van der Waals surface area contributed by atoms with E-state index in [0.717, 1.165) is 50.7 Å². The molecule has 0 saturated carbocycles. The Kier molecular flexibility index (Phi) is 9.65. The molecule has 3 saturated heterocycles. The molecule has 0 radical (unpaired) electrons. The number of hydrogen-bond acceptors (Lipinski definition) is 6. The van der Waals surface area contributed by atoms with Crippen molar-refractivity contribution in [2.75, 3.05) is 31.6 Å². The quantitative estimate of drug-likeness (QED) is 0.300. The summed E-state index contributed by atoms with van der Waals surface area (Å²) < 4.78 is 12.0. The summed E-state index contributed by atoms with van der Waals surface area (Å²) >= 11 is 0. The monoisotopic (exact) mass is 529 g/mol. The predicted octanol–water partition coefficient (Wildman–Crippen LogP) is 3.26. The van der Waals surface area contributed by atoms with Crippen molar-refractivity contribution < 1.29 is 29.0 Å². The first-order valence-electron chi connectivity index (χ1n) is 14.4. The van der Waals surface area contributed by atoms with Crippen LogP contribution in [-0.4, -0.2) is 71.8 Å². The van der Waals surface area contributed by atoms with E-state index < -0.39 is 23.5 Å². The average molecular weight is 530 g/mol. The number of carbonyl (C=O) groups is 3. The average Bonchev–Trinajstić information content (AvgIpc) is 3.55. The fourth-order valence-electron chi connectivity index (χ4n) is 6.45. The standard InChI is InChI=1S/C29H43N3O6/c1-3-5-8-17-30-27(35)25-29-16-15-22(38-29)23(24(29)28(36)32(25)18-9-6-7-10-19-33)26(34)31-20-11-13-21(14-12-20)37-4-2/h11-14,22-25,33H,3-10,15-19H2,1-2H3,(H,30,35)(H,31,34)/t22-,23+,24-,25?,29?/m0/s1. The molecule has 4 rings (SSSR count). The van der Waals surface area contributed by atoms with Gasteiger partial charge in [0.2, 0.25) is 17.7 Å². The number of amides is 3. The molecule has 3 heterocycles. The summed E-state index contributed by atoms with van der Waals surface area (Å²) in [6, 6.07) is 6.45. The van der Waals surface area contributed by atoms with Gasteiger partial charge in [0.25, 0.3) is 0 Å². The Hall–Kier alpha value is -2.65. The molecule has 9 heteroatoms. The number of aliphatic hydroxyl groups excluding tert-OH is 1. The number of carbonyl (C=O) groups excluding carboxylic acids is 3. The van der Waals surface area contributed by atoms with Crippen LogP contribution in [0.15, 0.2) is 24.3 Å². The molecular formula is C29H43N3O6.